The van der Waals surface area contributed by atoms with Gasteiger partial charge in [0.2, 0.25) is 0 Å². The SMILES string of the molecule is O=C(Cc1cccnc1)Cc1cccc(O)c1. The van der Waals surface area contributed by atoms with E-state index in [0.717, 1.165) is 11.1 Å². The molecule has 2 rings (SSSR count). The molecule has 0 aliphatic rings. The smallest absolute Gasteiger partial charge is 0.141 e. The molecular formula is C14H13NO2. The lowest BCUT2D eigenvalue weighted by Crippen LogP contribution is -2.06. The van der Waals surface area contributed by atoms with Crippen LogP contribution in [0.4, 0.5) is 0 Å². The van der Waals surface area contributed by atoms with E-state index in [-0.39, 0.29) is 11.5 Å². The van der Waals surface area contributed by atoms with E-state index in [1.165, 1.54) is 0 Å². The Morgan fingerprint density at radius 2 is 1.88 bits per heavy atom. The Morgan fingerprint density at radius 1 is 1.12 bits per heavy atom. The van der Waals surface area contributed by atoms with Crippen LogP contribution in [0.25, 0.3) is 0 Å². The molecule has 1 N–H and O–H groups in total. The fourth-order valence-electron chi connectivity index (χ4n) is 1.69. The van der Waals surface area contributed by atoms with E-state index >= 15 is 0 Å². The van der Waals surface area contributed by atoms with Crippen LogP contribution in [-0.2, 0) is 17.6 Å². The van der Waals surface area contributed by atoms with Crippen LogP contribution in [0.15, 0.2) is 48.8 Å². The van der Waals surface area contributed by atoms with Crippen LogP contribution < -0.4 is 0 Å². The molecule has 0 saturated carbocycles. The molecule has 86 valence electrons. The first kappa shape index (κ1) is 11.3. The molecule has 0 unspecified atom stereocenters. The van der Waals surface area contributed by atoms with E-state index in [2.05, 4.69) is 4.98 Å². The van der Waals surface area contributed by atoms with E-state index in [4.69, 9.17) is 0 Å². The van der Waals surface area contributed by atoms with Gasteiger partial charge >= 0.3 is 0 Å². The summed E-state index contributed by atoms with van der Waals surface area (Å²) < 4.78 is 0. The van der Waals surface area contributed by atoms with Crippen LogP contribution in [0.3, 0.4) is 0 Å². The number of aromatic nitrogens is 1. The molecule has 17 heavy (non-hydrogen) atoms. The van der Waals surface area contributed by atoms with Crippen molar-refractivity contribution >= 4 is 5.78 Å². The number of phenolic OH excluding ortho intramolecular Hbond substituents is 1. The molecule has 0 aliphatic heterocycles. The van der Waals surface area contributed by atoms with E-state index < -0.39 is 0 Å². The third-order valence-corrected chi connectivity index (χ3v) is 2.44. The summed E-state index contributed by atoms with van der Waals surface area (Å²) in [7, 11) is 0. The molecular weight excluding hydrogens is 214 g/mol. The molecule has 0 fully saturated rings. The first-order chi connectivity index (χ1) is 8.24. The Kier molecular flexibility index (Phi) is 3.50. The van der Waals surface area contributed by atoms with Gasteiger partial charge in [0.05, 0.1) is 0 Å². The van der Waals surface area contributed by atoms with Crippen molar-refractivity contribution in [3.05, 3.63) is 59.9 Å². The maximum Gasteiger partial charge on any atom is 0.141 e. The number of carbonyl (C=O) groups excluding carboxylic acids is 1. The molecule has 1 aromatic heterocycles. The molecule has 1 heterocycles. The van der Waals surface area contributed by atoms with Gasteiger partial charge in [-0.1, -0.05) is 18.2 Å². The topological polar surface area (TPSA) is 50.2 Å². The Morgan fingerprint density at radius 3 is 2.59 bits per heavy atom. The van der Waals surface area contributed by atoms with Crippen LogP contribution in [0.2, 0.25) is 0 Å². The number of carbonyl (C=O) groups is 1. The third-order valence-electron chi connectivity index (χ3n) is 2.44. The van der Waals surface area contributed by atoms with Gasteiger partial charge in [-0.25, -0.2) is 0 Å². The second-order valence-corrected chi connectivity index (χ2v) is 3.92. The van der Waals surface area contributed by atoms with Crippen LogP contribution in [-0.4, -0.2) is 15.9 Å². The van der Waals surface area contributed by atoms with E-state index in [9.17, 15) is 9.90 Å². The van der Waals surface area contributed by atoms with Gasteiger partial charge < -0.3 is 5.11 Å². The average molecular weight is 227 g/mol. The summed E-state index contributed by atoms with van der Waals surface area (Å²) >= 11 is 0. The maximum absolute atomic E-state index is 11.8. The fourth-order valence-corrected chi connectivity index (χ4v) is 1.69. The van der Waals surface area contributed by atoms with Crippen LogP contribution in [0, 0.1) is 0 Å². The highest BCUT2D eigenvalue weighted by Crippen LogP contribution is 2.12. The predicted octanol–water partition coefficient (Wildman–Crippen LogP) is 2.14. The summed E-state index contributed by atoms with van der Waals surface area (Å²) in [6, 6.07) is 10.5. The van der Waals surface area contributed by atoms with Gasteiger partial charge in [0.25, 0.3) is 0 Å². The summed E-state index contributed by atoms with van der Waals surface area (Å²) in [6.45, 7) is 0. The standard InChI is InChI=1S/C14H13NO2/c16-13-5-1-3-11(7-13)8-14(17)9-12-4-2-6-15-10-12/h1-7,10,16H,8-9H2. The molecule has 0 atom stereocenters. The van der Waals surface area contributed by atoms with E-state index in [1.54, 1.807) is 30.6 Å². The number of pyridine rings is 1. The fraction of sp³-hybridized carbons (Fsp3) is 0.143. The van der Waals surface area contributed by atoms with Crippen molar-refractivity contribution in [2.75, 3.05) is 0 Å². The summed E-state index contributed by atoms with van der Waals surface area (Å²) in [5.41, 5.74) is 1.75. The lowest BCUT2D eigenvalue weighted by molar-refractivity contribution is -0.117. The van der Waals surface area contributed by atoms with Crippen LogP contribution in [0.1, 0.15) is 11.1 Å². The lowest BCUT2D eigenvalue weighted by Gasteiger charge is -2.02. The Balaban J connectivity index is 1.98. The zero-order chi connectivity index (χ0) is 12.1. The number of ketones is 1. The monoisotopic (exact) mass is 227 g/mol. The minimum absolute atomic E-state index is 0.114. The normalized spacial score (nSPS) is 10.1. The number of aromatic hydroxyl groups is 1. The molecule has 0 bridgehead atoms. The van der Waals surface area contributed by atoms with Crippen molar-refractivity contribution in [1.29, 1.82) is 0 Å². The second-order valence-electron chi connectivity index (χ2n) is 3.92. The first-order valence-corrected chi connectivity index (χ1v) is 5.42. The molecule has 3 nitrogen and oxygen atoms in total. The summed E-state index contributed by atoms with van der Waals surface area (Å²) in [6.07, 6.45) is 4.09. The largest absolute Gasteiger partial charge is 0.508 e. The van der Waals surface area contributed by atoms with Crippen molar-refractivity contribution in [3.63, 3.8) is 0 Å². The van der Waals surface area contributed by atoms with Gasteiger partial charge in [0.1, 0.15) is 11.5 Å². The Labute approximate surface area is 99.8 Å². The second kappa shape index (κ2) is 5.25. The van der Waals surface area contributed by atoms with Crippen molar-refractivity contribution < 1.29 is 9.90 Å². The number of rotatable bonds is 4. The molecule has 0 aliphatic carbocycles. The van der Waals surface area contributed by atoms with Gasteiger partial charge in [-0.05, 0) is 29.3 Å². The highest BCUT2D eigenvalue weighted by Gasteiger charge is 2.05. The minimum atomic E-state index is 0.114. The summed E-state index contributed by atoms with van der Waals surface area (Å²) in [5.74, 6) is 0.306. The van der Waals surface area contributed by atoms with E-state index in [1.807, 2.05) is 18.2 Å². The molecule has 2 aromatic rings. The van der Waals surface area contributed by atoms with Crippen molar-refractivity contribution in [2.24, 2.45) is 0 Å². The molecule has 0 spiro atoms. The summed E-state index contributed by atoms with van der Waals surface area (Å²) in [4.78, 5) is 15.8. The van der Waals surface area contributed by atoms with Crippen LogP contribution >= 0.6 is 0 Å². The highest BCUT2D eigenvalue weighted by molar-refractivity contribution is 5.83. The van der Waals surface area contributed by atoms with Gasteiger partial charge in [-0.15, -0.1) is 0 Å². The molecule has 0 saturated heterocycles. The van der Waals surface area contributed by atoms with Crippen molar-refractivity contribution in [1.82, 2.24) is 4.98 Å². The lowest BCUT2D eigenvalue weighted by atomic mass is 10.0. The number of nitrogens with zero attached hydrogens (tertiary/aromatic N) is 1. The zero-order valence-electron chi connectivity index (χ0n) is 9.34. The third kappa shape index (κ3) is 3.41. The Bertz CT molecular complexity index is 509. The number of phenols is 1. The van der Waals surface area contributed by atoms with Gasteiger partial charge in [0, 0.05) is 25.2 Å². The van der Waals surface area contributed by atoms with Crippen molar-refractivity contribution in [2.45, 2.75) is 12.8 Å². The predicted molar refractivity (Wildman–Crippen MR) is 64.8 cm³/mol. The molecule has 0 radical (unpaired) electrons. The molecule has 1 aromatic carbocycles. The number of benzene rings is 1. The number of hydrogen-bond acceptors (Lipinski definition) is 3. The first-order valence-electron chi connectivity index (χ1n) is 5.42. The average Bonchev–Trinajstić information content (AvgIpc) is 2.30. The van der Waals surface area contributed by atoms with Crippen molar-refractivity contribution in [3.8, 4) is 5.75 Å². The number of Topliss-reactive ketones (excluding diaryl/α,β-unsaturated/α-hetero) is 1. The maximum atomic E-state index is 11.8. The number of hydrogen-bond donors (Lipinski definition) is 1. The molecule has 3 heteroatoms. The summed E-state index contributed by atoms with van der Waals surface area (Å²) in [5, 5.41) is 9.29. The van der Waals surface area contributed by atoms with E-state index in [0.29, 0.717) is 12.8 Å². The quantitative estimate of drug-likeness (QED) is 0.870. The Hall–Kier alpha value is -2.16. The minimum Gasteiger partial charge on any atom is -0.508 e. The van der Waals surface area contributed by atoms with Gasteiger partial charge in [-0.2, -0.15) is 0 Å². The van der Waals surface area contributed by atoms with Crippen LogP contribution in [0.5, 0.6) is 5.75 Å². The van der Waals surface area contributed by atoms with Gasteiger partial charge in [-0.3, -0.25) is 9.78 Å². The molecule has 0 amide bonds. The van der Waals surface area contributed by atoms with Gasteiger partial charge in [0.15, 0.2) is 0 Å². The zero-order valence-corrected chi connectivity index (χ0v) is 9.34. The highest BCUT2D eigenvalue weighted by atomic mass is 16.3.